The Bertz CT molecular complexity index is 741. The van der Waals surface area contributed by atoms with Crippen molar-refractivity contribution < 1.29 is 18.2 Å². The van der Waals surface area contributed by atoms with E-state index in [0.717, 1.165) is 62.7 Å². The number of benzene rings is 2. The van der Waals surface area contributed by atoms with E-state index < -0.39 is 7.82 Å². The Morgan fingerprint density at radius 3 is 1.43 bits per heavy atom. The molecule has 0 radical (unpaired) electrons. The molecule has 2 fully saturated rings. The van der Waals surface area contributed by atoms with E-state index in [1.807, 2.05) is 60.7 Å². The van der Waals surface area contributed by atoms with Crippen molar-refractivity contribution >= 4 is 19.2 Å². The van der Waals surface area contributed by atoms with Crippen LogP contribution >= 0.6 is 7.82 Å². The Morgan fingerprint density at radius 2 is 1.03 bits per heavy atom. The highest BCUT2D eigenvalue weighted by atomic mass is 31.2. The Kier molecular flexibility index (Phi) is 7.62. The molecule has 0 saturated heterocycles. The second kappa shape index (κ2) is 10.6. The molecular formula is C24H32NO4P. The highest BCUT2D eigenvalue weighted by Crippen LogP contribution is 2.56. The van der Waals surface area contributed by atoms with E-state index in [2.05, 4.69) is 0 Å². The summed E-state index contributed by atoms with van der Waals surface area (Å²) in [5.41, 5.74) is 1.56. The van der Waals surface area contributed by atoms with E-state index in [-0.39, 0.29) is 12.2 Å². The summed E-state index contributed by atoms with van der Waals surface area (Å²) in [4.78, 5) is 0. The van der Waals surface area contributed by atoms with Gasteiger partial charge in [-0.3, -0.25) is 9.05 Å². The molecule has 0 bridgehead atoms. The van der Waals surface area contributed by atoms with Crippen LogP contribution in [0.2, 0.25) is 0 Å². The van der Waals surface area contributed by atoms with Crippen LogP contribution in [0.4, 0.5) is 11.4 Å². The van der Waals surface area contributed by atoms with Gasteiger partial charge in [-0.1, -0.05) is 74.9 Å². The topological polar surface area (TPSA) is 48.0 Å². The predicted octanol–water partition coefficient (Wildman–Crippen LogP) is 7.56. The van der Waals surface area contributed by atoms with Gasteiger partial charge in [-0.05, 0) is 49.9 Å². The second-order valence-corrected chi connectivity index (χ2v) is 9.70. The lowest BCUT2D eigenvalue weighted by atomic mass is 9.98. The quantitative estimate of drug-likeness (QED) is 0.320. The van der Waals surface area contributed by atoms with Crippen molar-refractivity contribution in [3.8, 4) is 0 Å². The van der Waals surface area contributed by atoms with Crippen molar-refractivity contribution in [3.05, 3.63) is 60.7 Å². The van der Waals surface area contributed by atoms with Crippen molar-refractivity contribution in [1.82, 2.24) is 0 Å². The number of phosphoric ester groups is 1. The maximum Gasteiger partial charge on any atom is 0.497 e. The SMILES string of the molecule is O=P(OC1CCCCC1)(OC1CCCCC1)ON(c1ccccc1)c1ccccc1. The molecule has 0 spiro atoms. The van der Waals surface area contributed by atoms with E-state index in [9.17, 15) is 4.57 Å². The third kappa shape index (κ3) is 5.95. The zero-order valence-electron chi connectivity index (χ0n) is 17.5. The van der Waals surface area contributed by atoms with Crippen molar-refractivity contribution in [2.24, 2.45) is 0 Å². The molecule has 30 heavy (non-hydrogen) atoms. The fourth-order valence-corrected chi connectivity index (χ4v) is 5.91. The molecule has 2 aliphatic carbocycles. The smallest absolute Gasteiger partial charge is 0.282 e. The maximum absolute atomic E-state index is 14.0. The first-order valence-corrected chi connectivity index (χ1v) is 12.7. The lowest BCUT2D eigenvalue weighted by Crippen LogP contribution is -2.25. The standard InChI is InChI=1S/C24H32NO4P/c26-30(27-23-17-9-3-10-18-23,28-24-19-11-4-12-20-24)29-25(21-13-5-1-6-14-21)22-15-7-2-8-16-22/h1-2,5-8,13-16,23-24H,3-4,9-12,17-20H2. The normalized spacial score (nSPS) is 18.9. The van der Waals surface area contributed by atoms with Crippen LogP contribution in [-0.4, -0.2) is 12.2 Å². The molecule has 4 rings (SSSR count). The Morgan fingerprint density at radius 1 is 0.633 bits per heavy atom. The highest BCUT2D eigenvalue weighted by Gasteiger charge is 2.38. The zero-order valence-corrected chi connectivity index (χ0v) is 18.4. The zero-order chi connectivity index (χ0) is 20.7. The first-order chi connectivity index (χ1) is 14.7. The van der Waals surface area contributed by atoms with Gasteiger partial charge < -0.3 is 0 Å². The number of nitrogens with zero attached hydrogens (tertiary/aromatic N) is 1. The van der Waals surface area contributed by atoms with Crippen molar-refractivity contribution in [2.45, 2.75) is 76.4 Å². The molecule has 0 aliphatic heterocycles. The maximum atomic E-state index is 14.0. The largest absolute Gasteiger partial charge is 0.497 e. The predicted molar refractivity (Wildman–Crippen MR) is 120 cm³/mol. The number of rotatable bonds is 8. The minimum atomic E-state index is -3.82. The Labute approximate surface area is 179 Å². The average Bonchev–Trinajstić information content (AvgIpc) is 2.80. The Balaban J connectivity index is 1.60. The molecule has 6 heteroatoms. The van der Waals surface area contributed by atoms with E-state index in [1.54, 1.807) is 5.06 Å². The van der Waals surface area contributed by atoms with Gasteiger partial charge in [0.25, 0.3) is 0 Å². The first-order valence-electron chi connectivity index (χ1n) is 11.3. The summed E-state index contributed by atoms with van der Waals surface area (Å²) >= 11 is 0. The summed E-state index contributed by atoms with van der Waals surface area (Å²) in [5.74, 6) is 0. The van der Waals surface area contributed by atoms with Gasteiger partial charge in [-0.15, -0.1) is 0 Å². The van der Waals surface area contributed by atoms with Gasteiger partial charge in [0.1, 0.15) is 0 Å². The summed E-state index contributed by atoms with van der Waals surface area (Å²) in [5, 5.41) is 1.59. The average molecular weight is 429 g/mol. The molecule has 0 amide bonds. The van der Waals surface area contributed by atoms with Gasteiger partial charge in [0, 0.05) is 0 Å². The second-order valence-electron chi connectivity index (χ2n) is 8.23. The lowest BCUT2D eigenvalue weighted by Gasteiger charge is -2.33. The van der Waals surface area contributed by atoms with Crippen molar-refractivity contribution in [1.29, 1.82) is 0 Å². The molecule has 0 heterocycles. The number of para-hydroxylation sites is 2. The molecular weight excluding hydrogens is 397 g/mol. The van der Waals surface area contributed by atoms with Crippen LogP contribution in [0.3, 0.4) is 0 Å². The third-order valence-corrected chi connectivity index (χ3v) is 7.30. The molecule has 0 atom stereocenters. The molecule has 0 aromatic heterocycles. The van der Waals surface area contributed by atoms with Gasteiger partial charge >= 0.3 is 7.82 Å². The first kappa shape index (κ1) is 21.6. The number of hydrogen-bond donors (Lipinski definition) is 0. The van der Waals surface area contributed by atoms with E-state index >= 15 is 0 Å². The van der Waals surface area contributed by atoms with Crippen LogP contribution in [0, 0.1) is 0 Å². The van der Waals surface area contributed by atoms with Gasteiger partial charge in [0.05, 0.1) is 23.6 Å². The summed E-state index contributed by atoms with van der Waals surface area (Å²) in [7, 11) is -3.82. The molecule has 0 unspecified atom stereocenters. The third-order valence-electron chi connectivity index (χ3n) is 5.82. The highest BCUT2D eigenvalue weighted by molar-refractivity contribution is 7.48. The molecule has 0 N–H and O–H groups in total. The van der Waals surface area contributed by atoms with E-state index in [1.165, 1.54) is 12.8 Å². The summed E-state index contributed by atoms with van der Waals surface area (Å²) in [6.07, 6.45) is 10.2. The number of anilines is 2. The van der Waals surface area contributed by atoms with Crippen LogP contribution in [-0.2, 0) is 18.2 Å². The van der Waals surface area contributed by atoms with Crippen molar-refractivity contribution in [3.63, 3.8) is 0 Å². The van der Waals surface area contributed by atoms with Gasteiger partial charge in [-0.2, -0.15) is 4.62 Å². The summed E-state index contributed by atoms with van der Waals surface area (Å²) < 4.78 is 32.4. The van der Waals surface area contributed by atoms with Crippen LogP contribution < -0.4 is 5.06 Å². The fourth-order valence-electron chi connectivity index (χ4n) is 4.24. The molecule has 162 valence electrons. The van der Waals surface area contributed by atoms with Crippen LogP contribution in [0.25, 0.3) is 0 Å². The summed E-state index contributed by atoms with van der Waals surface area (Å²) in [6.45, 7) is 0. The van der Waals surface area contributed by atoms with Crippen molar-refractivity contribution in [2.75, 3.05) is 5.06 Å². The number of hydrogen-bond acceptors (Lipinski definition) is 5. The molecule has 2 aromatic rings. The van der Waals surface area contributed by atoms with Crippen LogP contribution in [0.5, 0.6) is 0 Å². The molecule has 2 aliphatic rings. The lowest BCUT2D eigenvalue weighted by molar-refractivity contribution is 0.0302. The van der Waals surface area contributed by atoms with Gasteiger partial charge in [0.15, 0.2) is 0 Å². The number of phosphoric acid groups is 1. The molecule has 5 nitrogen and oxygen atoms in total. The van der Waals surface area contributed by atoms with Crippen LogP contribution in [0.15, 0.2) is 60.7 Å². The monoisotopic (exact) mass is 429 g/mol. The van der Waals surface area contributed by atoms with E-state index in [4.69, 9.17) is 13.7 Å². The minimum absolute atomic E-state index is 0.0819. The Hall–Kier alpha value is -1.65. The fraction of sp³-hybridized carbons (Fsp3) is 0.500. The van der Waals surface area contributed by atoms with Gasteiger partial charge in [0.2, 0.25) is 0 Å². The van der Waals surface area contributed by atoms with E-state index in [0.29, 0.717) is 0 Å². The minimum Gasteiger partial charge on any atom is -0.282 e. The molecule has 2 saturated carbocycles. The van der Waals surface area contributed by atoms with Gasteiger partial charge in [-0.25, -0.2) is 9.63 Å². The molecule has 2 aromatic carbocycles. The van der Waals surface area contributed by atoms with Crippen LogP contribution in [0.1, 0.15) is 64.2 Å². The summed E-state index contributed by atoms with van der Waals surface area (Å²) in [6, 6.07) is 19.3.